The van der Waals surface area contributed by atoms with Crippen LogP contribution in [-0.4, -0.2) is 9.85 Å². The molecule has 43 heavy (non-hydrogen) atoms. The maximum absolute atomic E-state index is 16.2. The average Bonchev–Trinajstić information content (AvgIpc) is 3.87. The first-order valence-corrected chi connectivity index (χ1v) is 13.7. The molecule has 2 saturated carbocycles. The van der Waals surface area contributed by atoms with Crippen LogP contribution in [0.25, 0.3) is 0 Å². The van der Waals surface area contributed by atoms with Gasteiger partial charge >= 0.3 is 0 Å². The Kier molecular flexibility index (Phi) is 6.85. The molecule has 4 aromatic carbocycles. The summed E-state index contributed by atoms with van der Waals surface area (Å²) in [6, 6.07) is 11.3. The van der Waals surface area contributed by atoms with Crippen molar-refractivity contribution in [2.24, 2.45) is 0 Å². The van der Waals surface area contributed by atoms with E-state index in [4.69, 9.17) is 27.9 Å². The van der Waals surface area contributed by atoms with Crippen molar-refractivity contribution in [3.8, 4) is 11.5 Å². The molecule has 0 saturated heterocycles. The Morgan fingerprint density at radius 2 is 1.00 bits per heavy atom. The zero-order valence-corrected chi connectivity index (χ0v) is 23.3. The molecular formula is C30H18Cl2F4N2O5. The molecule has 2 aliphatic carbocycles. The second kappa shape index (κ2) is 10.2. The van der Waals surface area contributed by atoms with Crippen molar-refractivity contribution in [2.75, 3.05) is 0 Å². The highest BCUT2D eigenvalue weighted by Gasteiger charge is 2.55. The first-order valence-electron chi connectivity index (χ1n) is 12.9. The molecule has 0 aliphatic heterocycles. The molecule has 7 nitrogen and oxygen atoms in total. The number of hydrogen-bond donors (Lipinski definition) is 0. The number of benzene rings is 4. The van der Waals surface area contributed by atoms with Crippen LogP contribution in [-0.2, 0) is 10.8 Å². The van der Waals surface area contributed by atoms with Gasteiger partial charge in [0.15, 0.2) is 23.1 Å². The number of nitrogens with zero attached hydrogens (tertiary/aromatic N) is 2. The fourth-order valence-electron chi connectivity index (χ4n) is 5.90. The summed E-state index contributed by atoms with van der Waals surface area (Å²) in [6.45, 7) is 0. The molecule has 4 aromatic rings. The van der Waals surface area contributed by atoms with Gasteiger partial charge in [0, 0.05) is 33.0 Å². The quantitative estimate of drug-likeness (QED) is 0.110. The van der Waals surface area contributed by atoms with Crippen molar-refractivity contribution in [1.82, 2.24) is 0 Å². The van der Waals surface area contributed by atoms with Gasteiger partial charge in [0.25, 0.3) is 11.4 Å². The number of rotatable bonds is 8. The van der Waals surface area contributed by atoms with E-state index in [0.717, 1.165) is 36.4 Å². The molecule has 2 fully saturated rings. The van der Waals surface area contributed by atoms with E-state index in [-0.39, 0.29) is 46.9 Å². The Balaban J connectivity index is 1.48. The van der Waals surface area contributed by atoms with Crippen LogP contribution in [0.5, 0.6) is 11.5 Å². The van der Waals surface area contributed by atoms with E-state index in [9.17, 15) is 29.0 Å². The van der Waals surface area contributed by atoms with Crippen LogP contribution >= 0.6 is 23.2 Å². The van der Waals surface area contributed by atoms with Crippen LogP contribution in [0.1, 0.15) is 47.9 Å². The van der Waals surface area contributed by atoms with Crippen LogP contribution in [0.3, 0.4) is 0 Å². The van der Waals surface area contributed by atoms with Gasteiger partial charge in [-0.05, 0) is 73.2 Å². The number of hydrogen-bond acceptors (Lipinski definition) is 5. The molecule has 220 valence electrons. The minimum atomic E-state index is -1.40. The summed E-state index contributed by atoms with van der Waals surface area (Å²) in [5.41, 5.74) is -4.94. The number of ether oxygens (including phenoxy) is 1. The van der Waals surface area contributed by atoms with Gasteiger partial charge in [-0.2, -0.15) is 0 Å². The minimum Gasteiger partial charge on any atom is -0.451 e. The molecule has 13 heteroatoms. The van der Waals surface area contributed by atoms with E-state index in [1.54, 1.807) is 0 Å². The number of halogens is 6. The summed E-state index contributed by atoms with van der Waals surface area (Å²) in [5.74, 6) is -5.24. The van der Waals surface area contributed by atoms with Crippen molar-refractivity contribution in [1.29, 1.82) is 0 Å². The Hall–Kier alpha value is -4.22. The SMILES string of the molecule is O=[N+]([O-])c1ccc(Oc2ccc([N+](=O)[O-])c(C3(c4ccc(Cl)cc4F)CC3)c2F)c(F)c1C1(c2ccc(Cl)cc2F)CC1. The average molecular weight is 633 g/mol. The third-order valence-electron chi connectivity index (χ3n) is 8.13. The van der Waals surface area contributed by atoms with Crippen LogP contribution in [0, 0.1) is 43.5 Å². The highest BCUT2D eigenvalue weighted by atomic mass is 35.5. The predicted molar refractivity (Wildman–Crippen MR) is 149 cm³/mol. The molecular weight excluding hydrogens is 615 g/mol. The van der Waals surface area contributed by atoms with E-state index < -0.39 is 77.9 Å². The summed E-state index contributed by atoms with van der Waals surface area (Å²) < 4.78 is 67.8. The maximum atomic E-state index is 16.2. The highest BCUT2D eigenvalue weighted by molar-refractivity contribution is 6.30. The molecule has 2 aliphatic rings. The van der Waals surface area contributed by atoms with E-state index >= 15 is 8.78 Å². The fourth-order valence-corrected chi connectivity index (χ4v) is 6.22. The fraction of sp³-hybridized carbons (Fsp3) is 0.200. The van der Waals surface area contributed by atoms with Gasteiger partial charge in [-0.25, -0.2) is 17.6 Å². The molecule has 6 rings (SSSR count). The van der Waals surface area contributed by atoms with E-state index in [1.165, 1.54) is 24.3 Å². The van der Waals surface area contributed by atoms with Gasteiger partial charge in [0.1, 0.15) is 11.6 Å². The normalized spacial score (nSPS) is 16.0. The van der Waals surface area contributed by atoms with Crippen molar-refractivity contribution in [3.05, 3.63) is 136 Å². The third-order valence-corrected chi connectivity index (χ3v) is 8.60. The lowest BCUT2D eigenvalue weighted by atomic mass is 9.85. The van der Waals surface area contributed by atoms with Crippen molar-refractivity contribution in [2.45, 2.75) is 36.5 Å². The molecule has 0 radical (unpaired) electrons. The molecule has 0 N–H and O–H groups in total. The lowest BCUT2D eigenvalue weighted by Gasteiger charge is -2.21. The Labute approximate surface area is 250 Å². The van der Waals surface area contributed by atoms with Crippen LogP contribution in [0.2, 0.25) is 10.0 Å². The van der Waals surface area contributed by atoms with E-state index in [0.29, 0.717) is 0 Å². The zero-order chi connectivity index (χ0) is 30.8. The summed E-state index contributed by atoms with van der Waals surface area (Å²) in [7, 11) is 0. The van der Waals surface area contributed by atoms with Gasteiger partial charge in [-0.1, -0.05) is 35.3 Å². The molecule has 0 spiro atoms. The molecule has 0 atom stereocenters. The van der Waals surface area contributed by atoms with Gasteiger partial charge < -0.3 is 4.74 Å². The standard InChI is InChI=1S/C30H18Cl2F4N2O5/c31-15-1-3-17(19(33)13-15)29(9-10-29)25-21(37(39)40)5-7-23(27(25)35)43-24-8-6-22(38(41)42)26(28(24)36)30(11-12-30)18-4-2-16(32)14-20(18)34/h1-8,13-14H,9-12H2. The molecule has 0 bridgehead atoms. The second-order valence-corrected chi connectivity index (χ2v) is 11.4. The number of nitro groups is 2. The van der Waals surface area contributed by atoms with Crippen molar-refractivity contribution in [3.63, 3.8) is 0 Å². The van der Waals surface area contributed by atoms with E-state index in [1.807, 2.05) is 0 Å². The summed E-state index contributed by atoms with van der Waals surface area (Å²) >= 11 is 11.7. The maximum Gasteiger partial charge on any atom is 0.276 e. The van der Waals surface area contributed by atoms with Gasteiger partial charge in [-0.15, -0.1) is 0 Å². The number of nitro benzene ring substituents is 2. The summed E-state index contributed by atoms with van der Waals surface area (Å²) in [5, 5.41) is 24.0. The lowest BCUT2D eigenvalue weighted by Crippen LogP contribution is -2.17. The Bertz CT molecular complexity index is 1730. The van der Waals surface area contributed by atoms with Crippen LogP contribution in [0.15, 0.2) is 60.7 Å². The molecule has 0 unspecified atom stereocenters. The predicted octanol–water partition coefficient (Wildman–Crippen LogP) is 9.32. The monoisotopic (exact) mass is 632 g/mol. The van der Waals surface area contributed by atoms with Gasteiger partial charge in [0.2, 0.25) is 0 Å². The lowest BCUT2D eigenvalue weighted by molar-refractivity contribution is -0.386. The first kappa shape index (κ1) is 28.9. The smallest absolute Gasteiger partial charge is 0.276 e. The summed E-state index contributed by atoms with van der Waals surface area (Å²) in [4.78, 5) is 22.2. The second-order valence-electron chi connectivity index (χ2n) is 10.6. The first-order chi connectivity index (χ1) is 20.4. The van der Waals surface area contributed by atoms with Crippen LogP contribution in [0.4, 0.5) is 28.9 Å². The largest absolute Gasteiger partial charge is 0.451 e. The zero-order valence-electron chi connectivity index (χ0n) is 21.8. The third kappa shape index (κ3) is 4.67. The Morgan fingerprint density at radius 3 is 1.30 bits per heavy atom. The van der Waals surface area contributed by atoms with E-state index in [2.05, 4.69) is 0 Å². The Morgan fingerprint density at radius 1 is 0.628 bits per heavy atom. The minimum absolute atomic E-state index is 0.000481. The molecule has 0 aromatic heterocycles. The molecule has 0 amide bonds. The van der Waals surface area contributed by atoms with Crippen molar-refractivity contribution >= 4 is 34.6 Å². The molecule has 0 heterocycles. The highest BCUT2D eigenvalue weighted by Crippen LogP contribution is 2.60. The topological polar surface area (TPSA) is 95.5 Å². The van der Waals surface area contributed by atoms with Crippen molar-refractivity contribution < 1.29 is 32.1 Å². The summed E-state index contributed by atoms with van der Waals surface area (Å²) in [6.07, 6.45) is 0.714. The van der Waals surface area contributed by atoms with Gasteiger partial charge in [-0.3, -0.25) is 20.2 Å². The van der Waals surface area contributed by atoms with Crippen LogP contribution < -0.4 is 4.74 Å². The van der Waals surface area contributed by atoms with Gasteiger partial charge in [0.05, 0.1) is 21.0 Å².